The van der Waals surface area contributed by atoms with Crippen LogP contribution in [0.1, 0.15) is 15.9 Å². The minimum atomic E-state index is -2.88. The van der Waals surface area contributed by atoms with Crippen molar-refractivity contribution in [1.82, 2.24) is 0 Å². The van der Waals surface area contributed by atoms with Crippen molar-refractivity contribution in [1.29, 1.82) is 0 Å². The molecule has 3 N–H and O–H groups in total. The second-order valence-corrected chi connectivity index (χ2v) is 4.71. The predicted molar refractivity (Wildman–Crippen MR) is 85.7 cm³/mol. The molecule has 2 amide bonds. The van der Waals surface area contributed by atoms with Crippen molar-refractivity contribution < 1.29 is 23.1 Å². The number of benzene rings is 2. The van der Waals surface area contributed by atoms with E-state index in [0.717, 1.165) is 0 Å². The average Bonchev–Trinajstić information content (AvgIpc) is 2.54. The number of primary amides is 1. The molecule has 0 bridgehead atoms. The van der Waals surface area contributed by atoms with Crippen molar-refractivity contribution in [2.45, 2.75) is 6.61 Å². The number of amides is 2. The van der Waals surface area contributed by atoms with Gasteiger partial charge in [0.25, 0.3) is 0 Å². The number of nitrogens with one attached hydrogen (secondary N) is 1. The number of alkyl halides is 2. The van der Waals surface area contributed by atoms with Crippen LogP contribution in [0.25, 0.3) is 6.08 Å². The summed E-state index contributed by atoms with van der Waals surface area (Å²) in [6.45, 7) is -2.88. The van der Waals surface area contributed by atoms with Crippen LogP contribution in [0.15, 0.2) is 54.6 Å². The van der Waals surface area contributed by atoms with Gasteiger partial charge in [-0.05, 0) is 48.0 Å². The topological polar surface area (TPSA) is 81.4 Å². The van der Waals surface area contributed by atoms with E-state index in [2.05, 4.69) is 10.1 Å². The molecule has 0 saturated heterocycles. The SMILES string of the molecule is NC(=O)c1ccc(NC(=O)C=Cc2ccc(OC(F)F)cc2)cc1. The number of carbonyl (C=O) groups excluding carboxylic acids is 2. The highest BCUT2D eigenvalue weighted by molar-refractivity contribution is 6.02. The maximum Gasteiger partial charge on any atom is 0.387 e. The molecule has 0 heterocycles. The van der Waals surface area contributed by atoms with Gasteiger partial charge in [-0.2, -0.15) is 8.78 Å². The van der Waals surface area contributed by atoms with E-state index in [0.29, 0.717) is 16.8 Å². The molecule has 24 heavy (non-hydrogen) atoms. The number of nitrogens with two attached hydrogens (primary N) is 1. The molecule has 0 fully saturated rings. The van der Waals surface area contributed by atoms with Crippen LogP contribution in [-0.4, -0.2) is 18.4 Å². The van der Waals surface area contributed by atoms with Crippen LogP contribution in [0.4, 0.5) is 14.5 Å². The largest absolute Gasteiger partial charge is 0.435 e. The molecule has 2 aromatic rings. The van der Waals surface area contributed by atoms with E-state index in [1.165, 1.54) is 36.4 Å². The maximum atomic E-state index is 12.0. The Labute approximate surface area is 136 Å². The predicted octanol–water partition coefficient (Wildman–Crippen LogP) is 3.04. The van der Waals surface area contributed by atoms with Crippen LogP contribution < -0.4 is 15.8 Å². The van der Waals surface area contributed by atoms with Gasteiger partial charge in [-0.15, -0.1) is 0 Å². The van der Waals surface area contributed by atoms with Crippen LogP contribution >= 0.6 is 0 Å². The lowest BCUT2D eigenvalue weighted by molar-refractivity contribution is -0.111. The highest BCUT2D eigenvalue weighted by atomic mass is 19.3. The van der Waals surface area contributed by atoms with Crippen LogP contribution in [0.2, 0.25) is 0 Å². The molecule has 2 rings (SSSR count). The molecule has 0 aliphatic carbocycles. The average molecular weight is 332 g/mol. The minimum absolute atomic E-state index is 0.0427. The summed E-state index contributed by atoms with van der Waals surface area (Å²) in [5.41, 5.74) is 6.63. The Morgan fingerprint density at radius 1 is 1.04 bits per heavy atom. The molecule has 0 spiro atoms. The highest BCUT2D eigenvalue weighted by Crippen LogP contribution is 2.16. The zero-order valence-electron chi connectivity index (χ0n) is 12.4. The number of hydrogen-bond acceptors (Lipinski definition) is 3. The summed E-state index contributed by atoms with van der Waals surface area (Å²) in [5, 5.41) is 2.61. The number of halogens is 2. The van der Waals surface area contributed by atoms with Crippen LogP contribution in [0, 0.1) is 0 Å². The monoisotopic (exact) mass is 332 g/mol. The van der Waals surface area contributed by atoms with E-state index in [9.17, 15) is 18.4 Å². The first-order valence-corrected chi connectivity index (χ1v) is 6.88. The summed E-state index contributed by atoms with van der Waals surface area (Å²) in [5.74, 6) is -0.886. The van der Waals surface area contributed by atoms with Crippen molar-refractivity contribution in [3.63, 3.8) is 0 Å². The normalized spacial score (nSPS) is 10.8. The zero-order valence-corrected chi connectivity index (χ0v) is 12.4. The summed E-state index contributed by atoms with van der Waals surface area (Å²) in [4.78, 5) is 22.8. The second kappa shape index (κ2) is 7.87. The Hall–Kier alpha value is -3.22. The van der Waals surface area contributed by atoms with Crippen molar-refractivity contribution in [2.75, 3.05) is 5.32 Å². The molecule has 124 valence electrons. The number of hydrogen-bond donors (Lipinski definition) is 2. The molecule has 2 aromatic carbocycles. The summed E-state index contributed by atoms with van der Waals surface area (Å²) < 4.78 is 28.3. The Bertz CT molecular complexity index is 741. The van der Waals surface area contributed by atoms with Crippen molar-refractivity contribution in [3.8, 4) is 5.75 Å². The van der Waals surface area contributed by atoms with Gasteiger partial charge in [0, 0.05) is 17.3 Å². The third-order valence-corrected chi connectivity index (χ3v) is 2.97. The van der Waals surface area contributed by atoms with E-state index < -0.39 is 12.5 Å². The Balaban J connectivity index is 1.93. The molecule has 0 atom stereocenters. The van der Waals surface area contributed by atoms with E-state index in [-0.39, 0.29) is 11.7 Å². The first-order valence-electron chi connectivity index (χ1n) is 6.88. The van der Waals surface area contributed by atoms with E-state index in [1.54, 1.807) is 24.3 Å². The number of carbonyl (C=O) groups is 2. The molecule has 0 unspecified atom stereocenters. The molecule has 7 heteroatoms. The fourth-order valence-electron chi connectivity index (χ4n) is 1.83. The van der Waals surface area contributed by atoms with Gasteiger partial charge in [-0.3, -0.25) is 9.59 Å². The van der Waals surface area contributed by atoms with Crippen molar-refractivity contribution in [2.24, 2.45) is 5.73 Å². The molecular formula is C17H14F2N2O3. The second-order valence-electron chi connectivity index (χ2n) is 4.71. The Kier molecular flexibility index (Phi) is 5.62. The fraction of sp³-hybridized carbons (Fsp3) is 0.0588. The lowest BCUT2D eigenvalue weighted by Crippen LogP contribution is -2.11. The molecule has 5 nitrogen and oxygen atoms in total. The summed E-state index contributed by atoms with van der Waals surface area (Å²) in [7, 11) is 0. The molecule has 0 saturated carbocycles. The lowest BCUT2D eigenvalue weighted by atomic mass is 10.2. The van der Waals surface area contributed by atoms with Crippen LogP contribution in [0.3, 0.4) is 0 Å². The van der Waals surface area contributed by atoms with Crippen molar-refractivity contribution in [3.05, 3.63) is 65.7 Å². The standard InChI is InChI=1S/C17H14F2N2O3/c18-17(19)24-14-8-1-11(2-9-14)3-10-15(22)21-13-6-4-12(5-7-13)16(20)23/h1-10,17H,(H2,20,23)(H,21,22). The third-order valence-electron chi connectivity index (χ3n) is 2.97. The number of ether oxygens (including phenoxy) is 1. The van der Waals surface area contributed by atoms with Crippen LogP contribution in [0.5, 0.6) is 5.75 Å². The van der Waals surface area contributed by atoms with Crippen LogP contribution in [-0.2, 0) is 4.79 Å². The molecule has 0 aromatic heterocycles. The molecular weight excluding hydrogens is 318 g/mol. The Morgan fingerprint density at radius 3 is 2.21 bits per heavy atom. The highest BCUT2D eigenvalue weighted by Gasteiger charge is 2.04. The number of rotatable bonds is 6. The van der Waals surface area contributed by atoms with E-state index >= 15 is 0 Å². The Morgan fingerprint density at radius 2 is 1.67 bits per heavy atom. The quantitative estimate of drug-likeness (QED) is 0.798. The fourth-order valence-corrected chi connectivity index (χ4v) is 1.83. The van der Waals surface area contributed by atoms with Gasteiger partial charge in [-0.1, -0.05) is 12.1 Å². The molecule has 0 radical (unpaired) electrons. The first-order chi connectivity index (χ1) is 11.4. The summed E-state index contributed by atoms with van der Waals surface area (Å²) in [6.07, 6.45) is 2.82. The van der Waals surface area contributed by atoms with E-state index in [1.807, 2.05) is 0 Å². The van der Waals surface area contributed by atoms with Gasteiger partial charge >= 0.3 is 6.61 Å². The maximum absolute atomic E-state index is 12.0. The first kappa shape index (κ1) is 17.1. The smallest absolute Gasteiger partial charge is 0.387 e. The van der Waals surface area contributed by atoms with Gasteiger partial charge in [0.1, 0.15) is 5.75 Å². The zero-order chi connectivity index (χ0) is 17.5. The minimum Gasteiger partial charge on any atom is -0.435 e. The number of anilines is 1. The van der Waals surface area contributed by atoms with Crippen molar-refractivity contribution >= 4 is 23.6 Å². The van der Waals surface area contributed by atoms with Gasteiger partial charge in [0.15, 0.2) is 0 Å². The summed E-state index contributed by atoms with van der Waals surface area (Å²) in [6, 6.07) is 12.0. The summed E-state index contributed by atoms with van der Waals surface area (Å²) >= 11 is 0. The van der Waals surface area contributed by atoms with Gasteiger partial charge in [-0.25, -0.2) is 0 Å². The van der Waals surface area contributed by atoms with Gasteiger partial charge < -0.3 is 15.8 Å². The lowest BCUT2D eigenvalue weighted by Gasteiger charge is -2.04. The third kappa shape index (κ3) is 5.20. The molecule has 0 aliphatic rings. The van der Waals surface area contributed by atoms with Gasteiger partial charge in [0.05, 0.1) is 0 Å². The van der Waals surface area contributed by atoms with E-state index in [4.69, 9.17) is 5.73 Å². The van der Waals surface area contributed by atoms with Gasteiger partial charge in [0.2, 0.25) is 11.8 Å². The molecule has 0 aliphatic heterocycles.